The fourth-order valence-electron chi connectivity index (χ4n) is 4.50. The number of hydrogen-bond donors (Lipinski definition) is 1. The van der Waals surface area contributed by atoms with Crippen LogP contribution in [0.3, 0.4) is 0 Å². The van der Waals surface area contributed by atoms with Gasteiger partial charge >= 0.3 is 0 Å². The Morgan fingerprint density at radius 3 is 2.12 bits per heavy atom. The summed E-state index contributed by atoms with van der Waals surface area (Å²) < 4.78 is 0. The number of benzene rings is 3. The van der Waals surface area contributed by atoms with Crippen LogP contribution in [0.15, 0.2) is 54.6 Å². The second kappa shape index (κ2) is 8.20. The summed E-state index contributed by atoms with van der Waals surface area (Å²) in [4.78, 5) is 2.72. The first-order valence-electron chi connectivity index (χ1n) is 10.2. The van der Waals surface area contributed by atoms with Crippen LogP contribution >= 0.6 is 0 Å². The van der Waals surface area contributed by atoms with Crippen molar-refractivity contribution in [2.24, 2.45) is 0 Å². The van der Waals surface area contributed by atoms with E-state index in [4.69, 9.17) is 0 Å². The second-order valence-corrected chi connectivity index (χ2v) is 7.53. The number of fused-ring (bicyclic) bond motifs is 2. The number of nitrogens with zero attached hydrogens (tertiary/aromatic N) is 1. The van der Waals surface area contributed by atoms with Gasteiger partial charge in [0.2, 0.25) is 0 Å². The standard InChI is InChI=1S/C24H30N2/c1-2-3-4-13-23(26-16-14-25-15-17-26)24-21-11-7-5-9-19(21)18-20-10-6-8-12-22(20)24/h5-12,18,23,25H,2-4,13-17H2,1H3/t23-/m0/s1. The van der Waals surface area contributed by atoms with E-state index in [9.17, 15) is 0 Å². The monoisotopic (exact) mass is 346 g/mol. The maximum Gasteiger partial charge on any atom is 0.0361 e. The van der Waals surface area contributed by atoms with Gasteiger partial charge in [-0.05, 0) is 39.6 Å². The van der Waals surface area contributed by atoms with E-state index in [1.54, 1.807) is 5.56 Å². The molecule has 0 spiro atoms. The van der Waals surface area contributed by atoms with Gasteiger partial charge in [-0.2, -0.15) is 0 Å². The first-order chi connectivity index (χ1) is 12.9. The van der Waals surface area contributed by atoms with Crippen LogP contribution in [0.4, 0.5) is 0 Å². The minimum atomic E-state index is 0.514. The van der Waals surface area contributed by atoms with E-state index in [-0.39, 0.29) is 0 Å². The number of unbranched alkanes of at least 4 members (excludes halogenated alkanes) is 2. The fraction of sp³-hybridized carbons (Fsp3) is 0.417. The average molecular weight is 347 g/mol. The predicted molar refractivity (Wildman–Crippen MR) is 113 cm³/mol. The fourth-order valence-corrected chi connectivity index (χ4v) is 4.50. The van der Waals surface area contributed by atoms with Crippen LogP contribution in [-0.4, -0.2) is 31.1 Å². The van der Waals surface area contributed by atoms with E-state index in [1.165, 1.54) is 47.2 Å². The molecule has 3 aromatic carbocycles. The summed E-state index contributed by atoms with van der Waals surface area (Å²) in [5, 5.41) is 9.14. The van der Waals surface area contributed by atoms with Crippen molar-refractivity contribution in [3.63, 3.8) is 0 Å². The van der Waals surface area contributed by atoms with Crippen molar-refractivity contribution in [2.75, 3.05) is 26.2 Å². The number of nitrogens with one attached hydrogen (secondary N) is 1. The van der Waals surface area contributed by atoms with Gasteiger partial charge < -0.3 is 5.32 Å². The van der Waals surface area contributed by atoms with Gasteiger partial charge in [0, 0.05) is 32.2 Å². The summed E-state index contributed by atoms with van der Waals surface area (Å²) in [6.45, 7) is 6.80. The van der Waals surface area contributed by atoms with E-state index in [2.05, 4.69) is 71.7 Å². The molecule has 1 aliphatic heterocycles. The van der Waals surface area contributed by atoms with E-state index in [1.807, 2.05) is 0 Å². The number of rotatable bonds is 6. The van der Waals surface area contributed by atoms with Crippen molar-refractivity contribution in [3.05, 3.63) is 60.2 Å². The lowest BCUT2D eigenvalue weighted by Gasteiger charge is -2.36. The Morgan fingerprint density at radius 2 is 1.50 bits per heavy atom. The Hall–Kier alpha value is -1.90. The molecular formula is C24H30N2. The van der Waals surface area contributed by atoms with Crippen molar-refractivity contribution in [3.8, 4) is 0 Å². The third kappa shape index (κ3) is 3.49. The molecule has 1 aliphatic rings. The van der Waals surface area contributed by atoms with Crippen molar-refractivity contribution < 1.29 is 0 Å². The van der Waals surface area contributed by atoms with Crippen LogP contribution in [0, 0.1) is 0 Å². The molecule has 0 amide bonds. The van der Waals surface area contributed by atoms with Gasteiger partial charge in [-0.15, -0.1) is 0 Å². The zero-order chi connectivity index (χ0) is 17.8. The van der Waals surface area contributed by atoms with Crippen LogP contribution < -0.4 is 5.32 Å². The van der Waals surface area contributed by atoms with Gasteiger partial charge in [-0.1, -0.05) is 74.7 Å². The molecule has 1 fully saturated rings. The molecule has 0 aromatic heterocycles. The van der Waals surface area contributed by atoms with Crippen LogP contribution in [0.1, 0.15) is 44.2 Å². The molecule has 26 heavy (non-hydrogen) atoms. The lowest BCUT2D eigenvalue weighted by Crippen LogP contribution is -2.45. The summed E-state index contributed by atoms with van der Waals surface area (Å²) >= 11 is 0. The zero-order valence-electron chi connectivity index (χ0n) is 15.9. The van der Waals surface area contributed by atoms with E-state index in [0.717, 1.165) is 26.2 Å². The molecule has 0 radical (unpaired) electrons. The minimum Gasteiger partial charge on any atom is -0.314 e. The Balaban J connectivity index is 1.87. The highest BCUT2D eigenvalue weighted by Gasteiger charge is 2.25. The maximum absolute atomic E-state index is 3.52. The molecule has 2 heteroatoms. The normalized spacial score (nSPS) is 17.0. The highest BCUT2D eigenvalue weighted by molar-refractivity contribution is 6.02. The van der Waals surface area contributed by atoms with Crippen LogP contribution in [-0.2, 0) is 0 Å². The Labute approximate surface area is 157 Å². The van der Waals surface area contributed by atoms with Gasteiger partial charge in [0.05, 0.1) is 0 Å². The van der Waals surface area contributed by atoms with E-state index < -0.39 is 0 Å². The van der Waals surface area contributed by atoms with Crippen molar-refractivity contribution in [2.45, 2.75) is 38.6 Å². The molecule has 1 heterocycles. The molecule has 0 saturated carbocycles. The van der Waals surface area contributed by atoms with Crippen LogP contribution in [0.25, 0.3) is 21.5 Å². The topological polar surface area (TPSA) is 15.3 Å². The maximum atomic E-state index is 3.52. The lowest BCUT2D eigenvalue weighted by atomic mass is 9.88. The van der Waals surface area contributed by atoms with Gasteiger partial charge in [0.1, 0.15) is 0 Å². The SMILES string of the molecule is CCCCC[C@@H](c1c2ccccc2cc2ccccc12)N1CCNCC1. The minimum absolute atomic E-state index is 0.514. The van der Waals surface area contributed by atoms with Gasteiger partial charge in [0.15, 0.2) is 0 Å². The van der Waals surface area contributed by atoms with Crippen LogP contribution in [0.5, 0.6) is 0 Å². The summed E-state index contributed by atoms with van der Waals surface area (Å²) in [6.07, 6.45) is 5.17. The zero-order valence-corrected chi connectivity index (χ0v) is 15.9. The summed E-state index contributed by atoms with van der Waals surface area (Å²) in [6, 6.07) is 20.8. The molecule has 1 atom stereocenters. The summed E-state index contributed by atoms with van der Waals surface area (Å²) in [5.74, 6) is 0. The molecule has 3 aromatic rings. The third-order valence-corrected chi connectivity index (χ3v) is 5.82. The Kier molecular flexibility index (Phi) is 5.52. The number of piperazine rings is 1. The van der Waals surface area contributed by atoms with Gasteiger partial charge in [-0.3, -0.25) is 4.90 Å². The second-order valence-electron chi connectivity index (χ2n) is 7.53. The van der Waals surface area contributed by atoms with Crippen molar-refractivity contribution in [1.82, 2.24) is 10.2 Å². The first-order valence-corrected chi connectivity index (χ1v) is 10.2. The quantitative estimate of drug-likeness (QED) is 0.467. The highest BCUT2D eigenvalue weighted by atomic mass is 15.2. The van der Waals surface area contributed by atoms with Gasteiger partial charge in [-0.25, -0.2) is 0 Å². The molecule has 1 saturated heterocycles. The Bertz CT molecular complexity index is 810. The van der Waals surface area contributed by atoms with Crippen molar-refractivity contribution in [1.29, 1.82) is 0 Å². The highest BCUT2D eigenvalue weighted by Crippen LogP contribution is 2.38. The molecule has 0 unspecified atom stereocenters. The molecule has 0 bridgehead atoms. The van der Waals surface area contributed by atoms with Crippen LogP contribution in [0.2, 0.25) is 0 Å². The molecule has 4 rings (SSSR count). The largest absolute Gasteiger partial charge is 0.314 e. The van der Waals surface area contributed by atoms with Crippen molar-refractivity contribution >= 4 is 21.5 Å². The molecule has 0 aliphatic carbocycles. The predicted octanol–water partition coefficient (Wildman–Crippen LogP) is 5.52. The lowest BCUT2D eigenvalue weighted by molar-refractivity contribution is 0.164. The summed E-state index contributed by atoms with van der Waals surface area (Å²) in [5.41, 5.74) is 1.55. The molecule has 136 valence electrons. The Morgan fingerprint density at radius 1 is 0.885 bits per heavy atom. The van der Waals surface area contributed by atoms with E-state index in [0.29, 0.717) is 6.04 Å². The smallest absolute Gasteiger partial charge is 0.0361 e. The summed E-state index contributed by atoms with van der Waals surface area (Å²) in [7, 11) is 0. The van der Waals surface area contributed by atoms with E-state index >= 15 is 0 Å². The molecule has 2 nitrogen and oxygen atoms in total. The van der Waals surface area contributed by atoms with Gasteiger partial charge in [0.25, 0.3) is 0 Å². The average Bonchev–Trinajstić information content (AvgIpc) is 2.71. The molecule has 1 N–H and O–H groups in total. The molecular weight excluding hydrogens is 316 g/mol. The third-order valence-electron chi connectivity index (χ3n) is 5.82. The number of hydrogen-bond acceptors (Lipinski definition) is 2. The first kappa shape index (κ1) is 17.5.